The van der Waals surface area contributed by atoms with E-state index in [2.05, 4.69) is 56.2 Å². The van der Waals surface area contributed by atoms with Gasteiger partial charge in [-0.3, -0.25) is 4.90 Å². The highest BCUT2D eigenvalue weighted by molar-refractivity contribution is 5.20. The smallest absolute Gasteiger partial charge is 0.118 e. The third kappa shape index (κ3) is 6.55. The van der Waals surface area contributed by atoms with Crippen LogP contribution >= 0.6 is 0 Å². The van der Waals surface area contributed by atoms with E-state index in [4.69, 9.17) is 4.42 Å². The summed E-state index contributed by atoms with van der Waals surface area (Å²) in [6, 6.07) is 2.19. The molecule has 1 aromatic rings. The lowest BCUT2D eigenvalue weighted by molar-refractivity contribution is 0.271. The zero-order chi connectivity index (χ0) is 15.0. The minimum Gasteiger partial charge on any atom is -0.465 e. The molecule has 0 bridgehead atoms. The van der Waals surface area contributed by atoms with Crippen LogP contribution in [0.1, 0.15) is 36.8 Å². The molecule has 1 heterocycles. The van der Waals surface area contributed by atoms with Crippen LogP contribution in [0.15, 0.2) is 10.5 Å². The predicted octanol–water partition coefficient (Wildman–Crippen LogP) is 2.47. The van der Waals surface area contributed by atoms with Crippen LogP contribution in [0.5, 0.6) is 0 Å². The largest absolute Gasteiger partial charge is 0.465 e. The first-order valence-electron chi connectivity index (χ1n) is 7.65. The molecule has 0 saturated carbocycles. The van der Waals surface area contributed by atoms with E-state index in [1.54, 1.807) is 0 Å². The summed E-state index contributed by atoms with van der Waals surface area (Å²) in [7, 11) is 6.39. The van der Waals surface area contributed by atoms with Gasteiger partial charge in [0, 0.05) is 12.1 Å². The van der Waals surface area contributed by atoms with Crippen molar-refractivity contribution < 1.29 is 4.42 Å². The lowest BCUT2D eigenvalue weighted by atomic mass is 10.2. The Balaban J connectivity index is 2.37. The lowest BCUT2D eigenvalue weighted by Crippen LogP contribution is -2.23. The number of hydrogen-bond donors (Lipinski definition) is 1. The van der Waals surface area contributed by atoms with Gasteiger partial charge in [-0.1, -0.05) is 6.92 Å². The van der Waals surface area contributed by atoms with Crippen molar-refractivity contribution in [3.05, 3.63) is 23.2 Å². The maximum absolute atomic E-state index is 5.85. The van der Waals surface area contributed by atoms with E-state index in [-0.39, 0.29) is 0 Å². The molecule has 1 N–H and O–H groups in total. The van der Waals surface area contributed by atoms with Gasteiger partial charge in [-0.15, -0.1) is 0 Å². The average molecular weight is 281 g/mol. The van der Waals surface area contributed by atoms with E-state index >= 15 is 0 Å². The molecule has 0 atom stereocenters. The van der Waals surface area contributed by atoms with Crippen molar-refractivity contribution in [2.24, 2.45) is 0 Å². The van der Waals surface area contributed by atoms with Crippen molar-refractivity contribution in [1.29, 1.82) is 0 Å². The lowest BCUT2D eigenvalue weighted by Gasteiger charge is -2.16. The fourth-order valence-corrected chi connectivity index (χ4v) is 2.24. The molecule has 0 radical (unpaired) electrons. The highest BCUT2D eigenvalue weighted by Gasteiger charge is 2.09. The Kier molecular flexibility index (Phi) is 7.88. The number of furan rings is 1. The molecule has 4 nitrogen and oxygen atoms in total. The summed E-state index contributed by atoms with van der Waals surface area (Å²) in [5.41, 5.74) is 1.29. The van der Waals surface area contributed by atoms with Crippen LogP contribution in [0.3, 0.4) is 0 Å². The Morgan fingerprint density at radius 3 is 2.60 bits per heavy atom. The molecule has 0 aromatic carbocycles. The Morgan fingerprint density at radius 1 is 1.20 bits per heavy atom. The molecular formula is C16H31N3O. The van der Waals surface area contributed by atoms with Crippen LogP contribution in [0, 0.1) is 6.92 Å². The summed E-state index contributed by atoms with van der Waals surface area (Å²) >= 11 is 0. The first kappa shape index (κ1) is 17.2. The Bertz CT molecular complexity index is 374. The van der Waals surface area contributed by atoms with Crippen molar-refractivity contribution in [2.75, 3.05) is 40.8 Å². The minimum atomic E-state index is 0.891. The molecule has 20 heavy (non-hydrogen) atoms. The monoisotopic (exact) mass is 281 g/mol. The standard InChI is InChI=1S/C16H31N3O/c1-6-8-17-12-15-11-16(20-14(15)2)13-19(5)10-7-9-18(3)4/h11,17H,6-10,12-13H2,1-5H3. The van der Waals surface area contributed by atoms with Gasteiger partial charge in [-0.25, -0.2) is 0 Å². The van der Waals surface area contributed by atoms with Crippen LogP contribution in [0.4, 0.5) is 0 Å². The maximum Gasteiger partial charge on any atom is 0.118 e. The quantitative estimate of drug-likeness (QED) is 0.668. The van der Waals surface area contributed by atoms with Gasteiger partial charge in [-0.2, -0.15) is 0 Å². The van der Waals surface area contributed by atoms with Crippen molar-refractivity contribution in [1.82, 2.24) is 15.1 Å². The van der Waals surface area contributed by atoms with Crippen LogP contribution in [-0.4, -0.2) is 50.6 Å². The molecule has 4 heteroatoms. The molecule has 0 amide bonds. The van der Waals surface area contributed by atoms with Gasteiger partial charge in [-0.05, 0) is 66.6 Å². The van der Waals surface area contributed by atoms with Gasteiger partial charge < -0.3 is 14.6 Å². The molecule has 0 aliphatic rings. The second-order valence-electron chi connectivity index (χ2n) is 5.87. The van der Waals surface area contributed by atoms with E-state index in [0.29, 0.717) is 0 Å². The average Bonchev–Trinajstić information content (AvgIpc) is 2.69. The molecule has 0 spiro atoms. The summed E-state index contributed by atoms with van der Waals surface area (Å²) in [6.07, 6.45) is 2.35. The number of rotatable bonds is 10. The SMILES string of the molecule is CCCNCc1cc(CN(C)CCCN(C)C)oc1C. The molecule has 0 fully saturated rings. The number of nitrogens with zero attached hydrogens (tertiary/aromatic N) is 2. The zero-order valence-electron chi connectivity index (χ0n) is 13.8. The van der Waals surface area contributed by atoms with E-state index in [1.165, 1.54) is 18.4 Å². The molecule has 0 saturated heterocycles. The number of aryl methyl sites for hydroxylation is 1. The van der Waals surface area contributed by atoms with E-state index in [0.717, 1.165) is 44.2 Å². The summed E-state index contributed by atoms with van der Waals surface area (Å²) in [5, 5.41) is 3.43. The van der Waals surface area contributed by atoms with E-state index in [1.807, 2.05) is 0 Å². The van der Waals surface area contributed by atoms with Gasteiger partial charge >= 0.3 is 0 Å². The predicted molar refractivity (Wildman–Crippen MR) is 84.9 cm³/mol. The van der Waals surface area contributed by atoms with E-state index < -0.39 is 0 Å². The zero-order valence-corrected chi connectivity index (χ0v) is 13.8. The fraction of sp³-hybridized carbons (Fsp3) is 0.750. The molecular weight excluding hydrogens is 250 g/mol. The number of nitrogens with one attached hydrogen (secondary N) is 1. The molecule has 0 unspecified atom stereocenters. The first-order chi connectivity index (χ1) is 9.52. The molecule has 116 valence electrons. The van der Waals surface area contributed by atoms with Gasteiger partial charge in [0.05, 0.1) is 6.54 Å². The third-order valence-electron chi connectivity index (χ3n) is 3.38. The summed E-state index contributed by atoms with van der Waals surface area (Å²) < 4.78 is 5.85. The summed E-state index contributed by atoms with van der Waals surface area (Å²) in [5.74, 6) is 2.12. The Hall–Kier alpha value is -0.840. The Morgan fingerprint density at radius 2 is 1.95 bits per heavy atom. The molecule has 0 aliphatic carbocycles. The first-order valence-corrected chi connectivity index (χ1v) is 7.65. The minimum absolute atomic E-state index is 0.891. The van der Waals surface area contributed by atoms with Gasteiger partial charge in [0.15, 0.2) is 0 Å². The summed E-state index contributed by atoms with van der Waals surface area (Å²) in [6.45, 7) is 9.33. The highest BCUT2D eigenvalue weighted by atomic mass is 16.3. The van der Waals surface area contributed by atoms with Crippen LogP contribution in [0.2, 0.25) is 0 Å². The normalized spacial score (nSPS) is 11.8. The topological polar surface area (TPSA) is 31.6 Å². The van der Waals surface area contributed by atoms with Crippen LogP contribution in [-0.2, 0) is 13.1 Å². The van der Waals surface area contributed by atoms with E-state index in [9.17, 15) is 0 Å². The van der Waals surface area contributed by atoms with Crippen molar-refractivity contribution in [2.45, 2.75) is 39.8 Å². The third-order valence-corrected chi connectivity index (χ3v) is 3.38. The highest BCUT2D eigenvalue weighted by Crippen LogP contribution is 2.16. The van der Waals surface area contributed by atoms with Crippen molar-refractivity contribution in [3.63, 3.8) is 0 Å². The summed E-state index contributed by atoms with van der Waals surface area (Å²) in [4.78, 5) is 4.55. The second kappa shape index (κ2) is 9.16. The van der Waals surface area contributed by atoms with Gasteiger partial charge in [0.1, 0.15) is 11.5 Å². The molecule has 1 aromatic heterocycles. The number of hydrogen-bond acceptors (Lipinski definition) is 4. The van der Waals surface area contributed by atoms with Gasteiger partial charge in [0.2, 0.25) is 0 Å². The molecule has 1 rings (SSSR count). The van der Waals surface area contributed by atoms with Gasteiger partial charge in [0.25, 0.3) is 0 Å². The maximum atomic E-state index is 5.85. The fourth-order valence-electron chi connectivity index (χ4n) is 2.24. The van der Waals surface area contributed by atoms with Crippen molar-refractivity contribution in [3.8, 4) is 0 Å². The van der Waals surface area contributed by atoms with Crippen molar-refractivity contribution >= 4 is 0 Å². The van der Waals surface area contributed by atoms with Crippen LogP contribution in [0.25, 0.3) is 0 Å². The van der Waals surface area contributed by atoms with Crippen LogP contribution < -0.4 is 5.32 Å². The Labute approximate surface area is 124 Å². The molecule has 0 aliphatic heterocycles. The second-order valence-corrected chi connectivity index (χ2v) is 5.87.